The van der Waals surface area contributed by atoms with Crippen molar-refractivity contribution in [1.29, 1.82) is 0 Å². The van der Waals surface area contributed by atoms with Gasteiger partial charge in [0.05, 0.1) is 24.6 Å². The highest BCUT2D eigenvalue weighted by atomic mass is 16.5. The van der Waals surface area contributed by atoms with Crippen LogP contribution >= 0.6 is 0 Å². The van der Waals surface area contributed by atoms with Crippen LogP contribution in [0.5, 0.6) is 5.75 Å². The van der Waals surface area contributed by atoms with Crippen LogP contribution in [0.2, 0.25) is 0 Å². The maximum atomic E-state index is 12.5. The normalized spacial score (nSPS) is 9.88. The zero-order valence-electron chi connectivity index (χ0n) is 14.4. The van der Waals surface area contributed by atoms with Crippen molar-refractivity contribution in [3.8, 4) is 18.1 Å². The van der Waals surface area contributed by atoms with Crippen molar-refractivity contribution < 1.29 is 14.3 Å². The number of carbonyl (C=O) groups is 2. The largest absolute Gasteiger partial charge is 0.496 e. The van der Waals surface area contributed by atoms with E-state index in [9.17, 15) is 9.59 Å². The van der Waals surface area contributed by atoms with E-state index in [-0.39, 0.29) is 17.4 Å². The van der Waals surface area contributed by atoms with E-state index < -0.39 is 0 Å². The first kappa shape index (κ1) is 19.0. The Balaban J connectivity index is 2.20. The zero-order chi connectivity index (χ0) is 18.9. The summed E-state index contributed by atoms with van der Waals surface area (Å²) >= 11 is 0. The standard InChI is InChI=1S/C19H20N4O3/c1-3-13-9-15(12-21-11-13)23-18(24)14-5-6-17(26-2)16(10-14)19(25)22-8-4-7-20/h1,5-6,9-12H,4,7-8,20H2,2H3,(H,22,25)(H,23,24). The lowest BCUT2D eigenvalue weighted by Gasteiger charge is -2.11. The van der Waals surface area contributed by atoms with E-state index in [0.717, 1.165) is 0 Å². The van der Waals surface area contributed by atoms with E-state index in [4.69, 9.17) is 16.9 Å². The van der Waals surface area contributed by atoms with Crippen LogP contribution in [-0.4, -0.2) is 37.0 Å². The number of amides is 2. The minimum Gasteiger partial charge on any atom is -0.496 e. The Morgan fingerprint density at radius 3 is 2.77 bits per heavy atom. The summed E-state index contributed by atoms with van der Waals surface area (Å²) in [4.78, 5) is 28.8. The summed E-state index contributed by atoms with van der Waals surface area (Å²) in [5, 5.41) is 5.45. The summed E-state index contributed by atoms with van der Waals surface area (Å²) in [6.45, 7) is 0.921. The molecule has 0 radical (unpaired) electrons. The molecule has 0 fully saturated rings. The van der Waals surface area contributed by atoms with Gasteiger partial charge in [-0.05, 0) is 37.2 Å². The molecule has 0 bridgehead atoms. The molecule has 7 nitrogen and oxygen atoms in total. The molecular formula is C19H20N4O3. The Kier molecular flexibility index (Phi) is 6.71. The molecule has 134 valence electrons. The lowest BCUT2D eigenvalue weighted by atomic mass is 10.1. The summed E-state index contributed by atoms with van der Waals surface area (Å²) in [5.74, 6) is 2.11. The smallest absolute Gasteiger partial charge is 0.255 e. The lowest BCUT2D eigenvalue weighted by Crippen LogP contribution is -2.26. The number of nitrogens with two attached hydrogens (primary N) is 1. The van der Waals surface area contributed by atoms with Crippen molar-refractivity contribution in [3.05, 3.63) is 53.3 Å². The second kappa shape index (κ2) is 9.20. The fourth-order valence-corrected chi connectivity index (χ4v) is 2.22. The number of rotatable bonds is 7. The molecule has 0 saturated carbocycles. The van der Waals surface area contributed by atoms with Crippen molar-refractivity contribution in [1.82, 2.24) is 10.3 Å². The number of anilines is 1. The average Bonchev–Trinajstić information content (AvgIpc) is 2.67. The summed E-state index contributed by atoms with van der Waals surface area (Å²) in [6.07, 6.45) is 9.00. The Morgan fingerprint density at radius 2 is 2.08 bits per heavy atom. The quantitative estimate of drug-likeness (QED) is 0.516. The molecule has 1 heterocycles. The van der Waals surface area contributed by atoms with Gasteiger partial charge in [0.2, 0.25) is 0 Å². The molecule has 26 heavy (non-hydrogen) atoms. The van der Waals surface area contributed by atoms with Crippen molar-refractivity contribution in [2.45, 2.75) is 6.42 Å². The first-order valence-electron chi connectivity index (χ1n) is 7.98. The maximum absolute atomic E-state index is 12.5. The average molecular weight is 352 g/mol. The van der Waals surface area contributed by atoms with Crippen LogP contribution in [0.1, 0.15) is 32.7 Å². The number of nitrogens with zero attached hydrogens (tertiary/aromatic N) is 1. The number of pyridine rings is 1. The molecule has 0 unspecified atom stereocenters. The molecular weight excluding hydrogens is 332 g/mol. The van der Waals surface area contributed by atoms with Gasteiger partial charge >= 0.3 is 0 Å². The predicted octanol–water partition coefficient (Wildman–Crippen LogP) is 1.40. The van der Waals surface area contributed by atoms with E-state index in [1.807, 2.05) is 0 Å². The molecule has 0 aliphatic rings. The lowest BCUT2D eigenvalue weighted by molar-refractivity contribution is 0.0950. The monoisotopic (exact) mass is 352 g/mol. The Morgan fingerprint density at radius 1 is 1.27 bits per heavy atom. The van der Waals surface area contributed by atoms with E-state index in [1.165, 1.54) is 25.6 Å². The number of aromatic nitrogens is 1. The van der Waals surface area contributed by atoms with Gasteiger partial charge in [0.1, 0.15) is 5.75 Å². The number of hydrogen-bond acceptors (Lipinski definition) is 5. The van der Waals surface area contributed by atoms with E-state index in [0.29, 0.717) is 42.1 Å². The number of ether oxygens (including phenoxy) is 1. The van der Waals surface area contributed by atoms with E-state index in [2.05, 4.69) is 21.5 Å². The van der Waals surface area contributed by atoms with Gasteiger partial charge in [0.15, 0.2) is 0 Å². The molecule has 2 aromatic rings. The highest BCUT2D eigenvalue weighted by molar-refractivity contribution is 6.06. The van der Waals surface area contributed by atoms with Crippen LogP contribution in [0.25, 0.3) is 0 Å². The molecule has 0 atom stereocenters. The predicted molar refractivity (Wildman–Crippen MR) is 99.1 cm³/mol. The topological polar surface area (TPSA) is 106 Å². The van der Waals surface area contributed by atoms with Crippen LogP contribution in [0.3, 0.4) is 0 Å². The molecule has 1 aromatic carbocycles. The number of nitrogens with one attached hydrogen (secondary N) is 2. The zero-order valence-corrected chi connectivity index (χ0v) is 14.4. The second-order valence-corrected chi connectivity index (χ2v) is 5.37. The summed E-state index contributed by atoms with van der Waals surface area (Å²) in [6, 6.07) is 6.26. The second-order valence-electron chi connectivity index (χ2n) is 5.37. The fourth-order valence-electron chi connectivity index (χ4n) is 2.22. The number of hydrogen-bond donors (Lipinski definition) is 3. The fraction of sp³-hybridized carbons (Fsp3) is 0.211. The first-order chi connectivity index (χ1) is 12.6. The van der Waals surface area contributed by atoms with Gasteiger partial charge in [0, 0.05) is 23.9 Å². The van der Waals surface area contributed by atoms with Crippen LogP contribution < -0.4 is 21.1 Å². The molecule has 0 aliphatic heterocycles. The van der Waals surface area contributed by atoms with Crippen LogP contribution in [0.15, 0.2) is 36.7 Å². The highest BCUT2D eigenvalue weighted by Gasteiger charge is 2.16. The SMILES string of the molecule is C#Cc1cncc(NC(=O)c2ccc(OC)c(C(=O)NCCCN)c2)c1. The van der Waals surface area contributed by atoms with Crippen LogP contribution in [-0.2, 0) is 0 Å². The van der Waals surface area contributed by atoms with Gasteiger partial charge in [-0.1, -0.05) is 5.92 Å². The number of methoxy groups -OCH3 is 1. The van der Waals surface area contributed by atoms with Crippen molar-refractivity contribution in [3.63, 3.8) is 0 Å². The van der Waals surface area contributed by atoms with Gasteiger partial charge in [-0.25, -0.2) is 0 Å². The third-order valence-corrected chi connectivity index (χ3v) is 3.54. The maximum Gasteiger partial charge on any atom is 0.255 e. The van der Waals surface area contributed by atoms with Gasteiger partial charge in [-0.2, -0.15) is 0 Å². The first-order valence-corrected chi connectivity index (χ1v) is 7.98. The van der Waals surface area contributed by atoms with Crippen molar-refractivity contribution in [2.75, 3.05) is 25.5 Å². The van der Waals surface area contributed by atoms with Crippen molar-refractivity contribution >= 4 is 17.5 Å². The number of benzene rings is 1. The molecule has 0 aliphatic carbocycles. The van der Waals surface area contributed by atoms with Crippen LogP contribution in [0.4, 0.5) is 5.69 Å². The molecule has 0 spiro atoms. The Labute approximate surface area is 152 Å². The van der Waals surface area contributed by atoms with E-state index in [1.54, 1.807) is 18.2 Å². The van der Waals surface area contributed by atoms with Gasteiger partial charge < -0.3 is 21.1 Å². The summed E-state index contributed by atoms with van der Waals surface area (Å²) in [5.41, 5.74) is 7.02. The highest BCUT2D eigenvalue weighted by Crippen LogP contribution is 2.21. The third-order valence-electron chi connectivity index (χ3n) is 3.54. The third kappa shape index (κ3) is 4.82. The molecule has 4 N–H and O–H groups in total. The molecule has 2 amide bonds. The molecule has 2 rings (SSSR count). The minimum atomic E-state index is -0.389. The van der Waals surface area contributed by atoms with Gasteiger partial charge in [0.25, 0.3) is 11.8 Å². The van der Waals surface area contributed by atoms with E-state index >= 15 is 0 Å². The molecule has 7 heteroatoms. The number of terminal acetylenes is 1. The van der Waals surface area contributed by atoms with Crippen molar-refractivity contribution in [2.24, 2.45) is 5.73 Å². The molecule has 1 aromatic heterocycles. The summed E-state index contributed by atoms with van der Waals surface area (Å²) < 4.78 is 5.21. The Hall–Kier alpha value is -3.37. The minimum absolute atomic E-state index is 0.271. The molecule has 0 saturated heterocycles. The summed E-state index contributed by atoms with van der Waals surface area (Å²) in [7, 11) is 1.46. The Bertz CT molecular complexity index is 843. The van der Waals surface area contributed by atoms with Gasteiger partial charge in [-0.15, -0.1) is 6.42 Å². The van der Waals surface area contributed by atoms with Gasteiger partial charge in [-0.3, -0.25) is 14.6 Å². The number of carbonyl (C=O) groups excluding carboxylic acids is 2. The van der Waals surface area contributed by atoms with Crippen LogP contribution in [0, 0.1) is 12.3 Å².